The van der Waals surface area contributed by atoms with Crippen LogP contribution in [0.15, 0.2) is 51.8 Å². The molecule has 1 heterocycles. The summed E-state index contributed by atoms with van der Waals surface area (Å²) in [4.78, 5) is 25.9. The smallest absolute Gasteiger partial charge is 0.265 e. The SMILES string of the molecule is COc1ccc(Br)cc1S(=O)(=O)Nc1ccccc1C(=O)N1CCC(C(N)=O)CC1. The fraction of sp³-hybridized carbons (Fsp3) is 0.300. The van der Waals surface area contributed by atoms with Crippen LogP contribution >= 0.6 is 15.9 Å². The number of carbonyl (C=O) groups excluding carboxylic acids is 2. The molecule has 0 bridgehead atoms. The normalized spacial score (nSPS) is 14.9. The van der Waals surface area contributed by atoms with Gasteiger partial charge in [0.2, 0.25) is 5.91 Å². The van der Waals surface area contributed by atoms with Gasteiger partial charge >= 0.3 is 0 Å². The number of anilines is 1. The number of hydrogen-bond donors (Lipinski definition) is 2. The first-order valence-electron chi connectivity index (χ1n) is 9.27. The van der Waals surface area contributed by atoms with Crippen molar-refractivity contribution < 1.29 is 22.7 Å². The molecule has 3 rings (SSSR count). The average Bonchev–Trinajstić information content (AvgIpc) is 2.73. The van der Waals surface area contributed by atoms with E-state index in [1.165, 1.54) is 19.2 Å². The van der Waals surface area contributed by atoms with Gasteiger partial charge in [-0.15, -0.1) is 0 Å². The number of para-hydroxylation sites is 1. The molecule has 2 amide bonds. The van der Waals surface area contributed by atoms with Gasteiger partial charge in [-0.05, 0) is 43.2 Å². The van der Waals surface area contributed by atoms with E-state index < -0.39 is 10.0 Å². The van der Waals surface area contributed by atoms with Crippen LogP contribution in [-0.4, -0.2) is 45.3 Å². The molecule has 0 unspecified atom stereocenters. The predicted molar refractivity (Wildman–Crippen MR) is 116 cm³/mol. The Kier molecular flexibility index (Phi) is 6.67. The maximum atomic E-state index is 13.0. The highest BCUT2D eigenvalue weighted by atomic mass is 79.9. The van der Waals surface area contributed by atoms with E-state index in [1.807, 2.05) is 0 Å². The Morgan fingerprint density at radius 1 is 1.17 bits per heavy atom. The number of likely N-dealkylation sites (tertiary alicyclic amines) is 1. The number of piperidine rings is 1. The molecule has 0 spiro atoms. The summed E-state index contributed by atoms with van der Waals surface area (Å²) in [7, 11) is -2.64. The van der Waals surface area contributed by atoms with Crippen LogP contribution in [0.25, 0.3) is 0 Å². The molecule has 1 aliphatic heterocycles. The van der Waals surface area contributed by atoms with E-state index in [2.05, 4.69) is 20.7 Å². The van der Waals surface area contributed by atoms with Crippen molar-refractivity contribution >= 4 is 43.5 Å². The highest BCUT2D eigenvalue weighted by Gasteiger charge is 2.28. The number of halogens is 1. The van der Waals surface area contributed by atoms with E-state index in [-0.39, 0.29) is 39.6 Å². The molecule has 160 valence electrons. The van der Waals surface area contributed by atoms with E-state index in [0.29, 0.717) is 30.4 Å². The van der Waals surface area contributed by atoms with Gasteiger partial charge < -0.3 is 15.4 Å². The number of benzene rings is 2. The Hall–Kier alpha value is -2.59. The molecule has 1 fully saturated rings. The largest absolute Gasteiger partial charge is 0.495 e. The zero-order valence-electron chi connectivity index (χ0n) is 16.3. The maximum Gasteiger partial charge on any atom is 0.265 e. The molecule has 0 saturated carbocycles. The van der Waals surface area contributed by atoms with Gasteiger partial charge in [0.1, 0.15) is 10.6 Å². The predicted octanol–water partition coefficient (Wildman–Crippen LogP) is 2.60. The Balaban J connectivity index is 1.86. The molecule has 1 aliphatic rings. The van der Waals surface area contributed by atoms with Gasteiger partial charge in [0.05, 0.1) is 18.4 Å². The first-order chi connectivity index (χ1) is 14.2. The number of primary amides is 1. The van der Waals surface area contributed by atoms with Crippen molar-refractivity contribution in [2.45, 2.75) is 17.7 Å². The fourth-order valence-electron chi connectivity index (χ4n) is 3.36. The minimum atomic E-state index is -4.02. The van der Waals surface area contributed by atoms with Crippen LogP contribution in [0.2, 0.25) is 0 Å². The molecule has 8 nitrogen and oxygen atoms in total. The van der Waals surface area contributed by atoms with Gasteiger partial charge in [-0.2, -0.15) is 0 Å². The molecule has 0 aliphatic carbocycles. The Morgan fingerprint density at radius 3 is 2.47 bits per heavy atom. The Morgan fingerprint density at radius 2 is 1.83 bits per heavy atom. The molecule has 3 N–H and O–H groups in total. The topological polar surface area (TPSA) is 119 Å². The van der Waals surface area contributed by atoms with Crippen LogP contribution in [0.4, 0.5) is 5.69 Å². The number of methoxy groups -OCH3 is 1. The summed E-state index contributed by atoms with van der Waals surface area (Å²) in [5.41, 5.74) is 5.75. The number of hydrogen-bond acceptors (Lipinski definition) is 5. The quantitative estimate of drug-likeness (QED) is 0.638. The summed E-state index contributed by atoms with van der Waals surface area (Å²) in [5.74, 6) is -0.731. The van der Waals surface area contributed by atoms with Gasteiger partial charge in [0, 0.05) is 23.5 Å². The van der Waals surface area contributed by atoms with Crippen molar-refractivity contribution in [2.24, 2.45) is 11.7 Å². The van der Waals surface area contributed by atoms with Crippen molar-refractivity contribution in [1.82, 2.24) is 4.90 Å². The lowest BCUT2D eigenvalue weighted by molar-refractivity contribution is -0.123. The van der Waals surface area contributed by atoms with Gasteiger partial charge in [-0.1, -0.05) is 28.1 Å². The van der Waals surface area contributed by atoms with Gasteiger partial charge in [0.25, 0.3) is 15.9 Å². The van der Waals surface area contributed by atoms with E-state index >= 15 is 0 Å². The number of rotatable bonds is 6. The lowest BCUT2D eigenvalue weighted by atomic mass is 9.96. The van der Waals surface area contributed by atoms with Gasteiger partial charge in [-0.3, -0.25) is 14.3 Å². The molecule has 2 aromatic carbocycles. The number of nitrogens with one attached hydrogen (secondary N) is 1. The summed E-state index contributed by atoms with van der Waals surface area (Å²) in [5, 5.41) is 0. The first-order valence-corrected chi connectivity index (χ1v) is 11.5. The molecular formula is C20H22BrN3O5S. The number of sulfonamides is 1. The zero-order valence-corrected chi connectivity index (χ0v) is 18.7. The second kappa shape index (κ2) is 9.05. The minimum absolute atomic E-state index is 0.0519. The second-order valence-electron chi connectivity index (χ2n) is 6.92. The number of amides is 2. The van der Waals surface area contributed by atoms with E-state index in [0.717, 1.165) is 0 Å². The van der Waals surface area contributed by atoms with Crippen LogP contribution in [0.5, 0.6) is 5.75 Å². The number of nitrogens with two attached hydrogens (primary N) is 1. The standard InChI is InChI=1S/C20H22BrN3O5S/c1-29-17-7-6-14(21)12-18(17)30(27,28)23-16-5-3-2-4-15(16)20(26)24-10-8-13(9-11-24)19(22)25/h2-7,12-13,23H,8-11H2,1H3,(H2,22,25). The van der Waals surface area contributed by atoms with Crippen molar-refractivity contribution in [1.29, 1.82) is 0 Å². The number of ether oxygens (including phenoxy) is 1. The molecule has 0 atom stereocenters. The van der Waals surface area contributed by atoms with Gasteiger partial charge in [-0.25, -0.2) is 8.42 Å². The summed E-state index contributed by atoms with van der Waals surface area (Å²) >= 11 is 3.27. The molecule has 1 saturated heterocycles. The molecule has 30 heavy (non-hydrogen) atoms. The average molecular weight is 496 g/mol. The highest BCUT2D eigenvalue weighted by molar-refractivity contribution is 9.10. The summed E-state index contributed by atoms with van der Waals surface area (Å²) in [6.45, 7) is 0.764. The maximum absolute atomic E-state index is 13.0. The summed E-state index contributed by atoms with van der Waals surface area (Å²) in [6, 6.07) is 11.1. The number of carbonyl (C=O) groups is 2. The first kappa shape index (κ1) is 22.1. The number of nitrogens with zero attached hydrogens (tertiary/aromatic N) is 1. The van der Waals surface area contributed by atoms with E-state index in [1.54, 1.807) is 35.2 Å². The molecule has 0 radical (unpaired) electrons. The van der Waals surface area contributed by atoms with Crippen LogP contribution in [0, 0.1) is 5.92 Å². The van der Waals surface area contributed by atoms with E-state index in [9.17, 15) is 18.0 Å². The van der Waals surface area contributed by atoms with E-state index in [4.69, 9.17) is 10.5 Å². The third kappa shape index (κ3) is 4.76. The van der Waals surface area contributed by atoms with Crippen LogP contribution in [-0.2, 0) is 14.8 Å². The molecule has 2 aromatic rings. The Labute approximate surface area is 183 Å². The van der Waals surface area contributed by atoms with Crippen LogP contribution in [0.1, 0.15) is 23.2 Å². The molecule has 10 heteroatoms. The summed E-state index contributed by atoms with van der Waals surface area (Å²) in [6.07, 6.45) is 0.981. The third-order valence-corrected chi connectivity index (χ3v) is 6.88. The second-order valence-corrected chi connectivity index (χ2v) is 9.48. The lowest BCUT2D eigenvalue weighted by Crippen LogP contribution is -2.42. The van der Waals surface area contributed by atoms with Crippen molar-refractivity contribution in [3.63, 3.8) is 0 Å². The van der Waals surface area contributed by atoms with Crippen molar-refractivity contribution in [2.75, 3.05) is 24.9 Å². The fourth-order valence-corrected chi connectivity index (χ4v) is 5.14. The van der Waals surface area contributed by atoms with Crippen molar-refractivity contribution in [3.05, 3.63) is 52.5 Å². The summed E-state index contributed by atoms with van der Waals surface area (Å²) < 4.78 is 34.3. The van der Waals surface area contributed by atoms with Crippen LogP contribution in [0.3, 0.4) is 0 Å². The highest BCUT2D eigenvalue weighted by Crippen LogP contribution is 2.30. The monoisotopic (exact) mass is 495 g/mol. The third-order valence-electron chi connectivity index (χ3n) is 5.00. The van der Waals surface area contributed by atoms with Crippen molar-refractivity contribution in [3.8, 4) is 5.75 Å². The molecular weight excluding hydrogens is 474 g/mol. The zero-order chi connectivity index (χ0) is 21.9. The van der Waals surface area contributed by atoms with Gasteiger partial charge in [0.15, 0.2) is 0 Å². The minimum Gasteiger partial charge on any atom is -0.495 e. The van der Waals surface area contributed by atoms with Crippen LogP contribution < -0.4 is 15.2 Å². The molecule has 0 aromatic heterocycles. The lowest BCUT2D eigenvalue weighted by Gasteiger charge is -2.31. The Bertz CT molecular complexity index is 1070.